The van der Waals surface area contributed by atoms with Crippen molar-refractivity contribution in [1.82, 2.24) is 0 Å². The first-order chi connectivity index (χ1) is 23.1. The molecule has 0 fully saturated rings. The second-order valence-corrected chi connectivity index (χ2v) is 16.2. The largest absolute Gasteiger partial charge is 1.00 e. The van der Waals surface area contributed by atoms with Crippen molar-refractivity contribution in [3.05, 3.63) is 0 Å². The van der Waals surface area contributed by atoms with Gasteiger partial charge in [0.1, 0.15) is 10.1 Å². The summed E-state index contributed by atoms with van der Waals surface area (Å²) in [6.07, 6.45) is 36.1. The van der Waals surface area contributed by atoms with Gasteiger partial charge in [-0.25, -0.2) is 8.42 Å². The summed E-state index contributed by atoms with van der Waals surface area (Å²) in [5.41, 5.74) is -2.26. The molecule has 0 amide bonds. The molecule has 0 radical (unpaired) electrons. The van der Waals surface area contributed by atoms with Crippen LogP contribution in [-0.4, -0.2) is 30.2 Å². The molecule has 0 aliphatic rings. The van der Waals surface area contributed by atoms with E-state index in [4.69, 9.17) is 0 Å². The van der Waals surface area contributed by atoms with Gasteiger partial charge in [-0.1, -0.05) is 219 Å². The minimum atomic E-state index is -5.44. The van der Waals surface area contributed by atoms with Crippen LogP contribution in [-0.2, 0) is 19.7 Å². The molecule has 0 aromatic rings. The number of hydrogen-bond donors (Lipinski definition) is 0. The fraction of sp³-hybridized carbons (Fsp3) is 0.950. The Kier molecular flexibility index (Phi) is 48.4. The maximum Gasteiger partial charge on any atom is 1.00 e. The minimum absolute atomic E-state index is 0. The number of hydrogen-bond acceptors (Lipinski definition) is 7. The summed E-state index contributed by atoms with van der Waals surface area (Å²) in [6.45, 7) is 4.48. The van der Waals surface area contributed by atoms with Crippen molar-refractivity contribution in [2.24, 2.45) is 5.41 Å². The average molecular weight is 769 g/mol. The fourth-order valence-corrected chi connectivity index (χ4v) is 8.42. The number of aliphatic carboxylic acids is 2. The standard InChI is InChI=1S/C40H78O7S.3Na/c1-3-5-7-9-11-13-15-17-19-21-23-25-27-29-31-33-35-40(39(43)44,37(38(41)42)48(45,46)47)36-34-32-30-28-26-24-22-20-18-16-14-12-10-8-6-4-2;;;/h37H,3-36H2,1-2H3,(H,41,42)(H,43,44)(H,45,46,47);;;/q;3*+1/p-3. The zero-order valence-electron chi connectivity index (χ0n) is 34.4. The maximum atomic E-state index is 12.4. The zero-order chi connectivity index (χ0) is 35.8. The van der Waals surface area contributed by atoms with Crippen molar-refractivity contribution in [2.75, 3.05) is 0 Å². The Morgan fingerprint density at radius 2 is 0.627 bits per heavy atom. The smallest absolute Gasteiger partial charge is 0.747 e. The third-order valence-electron chi connectivity index (χ3n) is 10.4. The molecule has 0 aromatic heterocycles. The Balaban J connectivity index is -0.00000368. The number of carboxylic acid groups (broad SMARTS) is 2. The van der Waals surface area contributed by atoms with E-state index in [9.17, 15) is 32.8 Å². The second kappa shape index (κ2) is 41.5. The first-order valence-electron chi connectivity index (χ1n) is 20.5. The second-order valence-electron chi connectivity index (χ2n) is 14.7. The zero-order valence-corrected chi connectivity index (χ0v) is 41.2. The molecular formula is C40H75Na3O7S. The summed E-state index contributed by atoms with van der Waals surface area (Å²) >= 11 is 0. The third-order valence-corrected chi connectivity index (χ3v) is 11.6. The first-order valence-corrected chi connectivity index (χ1v) is 22.0. The molecule has 1 unspecified atom stereocenters. The average Bonchev–Trinajstić information content (AvgIpc) is 3.03. The molecule has 0 bridgehead atoms. The van der Waals surface area contributed by atoms with Gasteiger partial charge in [0.15, 0.2) is 0 Å². The SMILES string of the molecule is CCCCCCCCCCCCCCCCCCC(CCCCCCCCCCCCCCCCCC)(C(=O)[O-])C(C(=O)[O-])S(=O)(=O)[O-].[Na+].[Na+].[Na+]. The van der Waals surface area contributed by atoms with Crippen molar-refractivity contribution in [2.45, 2.75) is 237 Å². The van der Waals surface area contributed by atoms with Crippen LogP contribution >= 0.6 is 0 Å². The van der Waals surface area contributed by atoms with Crippen molar-refractivity contribution in [3.63, 3.8) is 0 Å². The Morgan fingerprint density at radius 1 is 0.431 bits per heavy atom. The van der Waals surface area contributed by atoms with Gasteiger partial charge in [-0.15, -0.1) is 0 Å². The summed E-state index contributed by atoms with van der Waals surface area (Å²) in [4.78, 5) is 24.3. The molecule has 1 atom stereocenters. The molecule has 0 spiro atoms. The van der Waals surface area contributed by atoms with Crippen molar-refractivity contribution in [3.8, 4) is 0 Å². The topological polar surface area (TPSA) is 137 Å². The Hall–Kier alpha value is 1.85. The molecule has 0 saturated carbocycles. The Morgan fingerprint density at radius 3 is 0.784 bits per heavy atom. The molecule has 0 aliphatic carbocycles. The van der Waals surface area contributed by atoms with E-state index in [1.807, 2.05) is 0 Å². The van der Waals surface area contributed by atoms with Crippen LogP contribution in [0.3, 0.4) is 0 Å². The number of carbonyl (C=O) groups is 2. The van der Waals surface area contributed by atoms with Crippen LogP contribution in [0.15, 0.2) is 0 Å². The minimum Gasteiger partial charge on any atom is -0.747 e. The van der Waals surface area contributed by atoms with Gasteiger partial charge in [-0.05, 0) is 12.8 Å². The van der Waals surface area contributed by atoms with Crippen LogP contribution < -0.4 is 98.9 Å². The summed E-state index contributed by atoms with van der Waals surface area (Å²) in [5, 5.41) is 21.6. The van der Waals surface area contributed by atoms with E-state index < -0.39 is 32.7 Å². The van der Waals surface area contributed by atoms with Crippen LogP contribution in [0.1, 0.15) is 232 Å². The first kappa shape index (κ1) is 59.5. The predicted octanol–water partition coefficient (Wildman–Crippen LogP) is 0.702. The van der Waals surface area contributed by atoms with Crippen molar-refractivity contribution >= 4 is 22.1 Å². The molecule has 0 aromatic carbocycles. The summed E-state index contributed by atoms with van der Waals surface area (Å²) in [5.74, 6) is -3.90. The summed E-state index contributed by atoms with van der Waals surface area (Å²) in [6, 6.07) is 0. The molecule has 0 saturated heterocycles. The number of carbonyl (C=O) groups excluding carboxylic acids is 2. The summed E-state index contributed by atoms with van der Waals surface area (Å²) < 4.78 is 36.0. The van der Waals surface area contributed by atoms with Gasteiger partial charge in [0.05, 0.1) is 11.2 Å². The predicted molar refractivity (Wildman–Crippen MR) is 194 cm³/mol. The van der Waals surface area contributed by atoms with Gasteiger partial charge in [-0.2, -0.15) is 0 Å². The van der Waals surface area contributed by atoms with Crippen LogP contribution in [0, 0.1) is 5.41 Å². The fourth-order valence-electron chi connectivity index (χ4n) is 7.30. The van der Waals surface area contributed by atoms with Crippen LogP contribution in [0.2, 0.25) is 0 Å². The molecule has 7 nitrogen and oxygen atoms in total. The van der Waals surface area contributed by atoms with E-state index in [-0.39, 0.29) is 102 Å². The van der Waals surface area contributed by atoms with Gasteiger partial charge < -0.3 is 24.4 Å². The van der Waals surface area contributed by atoms with Crippen LogP contribution in [0.25, 0.3) is 0 Å². The quantitative estimate of drug-likeness (QED) is 0.0513. The van der Waals surface area contributed by atoms with Crippen molar-refractivity contribution in [1.29, 1.82) is 0 Å². The number of rotatable bonds is 38. The molecule has 0 N–H and O–H groups in total. The normalized spacial score (nSPS) is 12.1. The molecule has 0 heterocycles. The Bertz CT molecular complexity index is 838. The maximum absolute atomic E-state index is 12.4. The van der Waals surface area contributed by atoms with Crippen molar-refractivity contribution < 1.29 is 121 Å². The van der Waals surface area contributed by atoms with E-state index in [1.165, 1.54) is 141 Å². The number of unbranched alkanes of at least 4 members (excludes halogenated alkanes) is 30. The molecule has 0 rings (SSSR count). The van der Waals surface area contributed by atoms with E-state index in [0.29, 0.717) is 25.7 Å². The van der Waals surface area contributed by atoms with Crippen LogP contribution in [0.5, 0.6) is 0 Å². The summed E-state index contributed by atoms with van der Waals surface area (Å²) in [7, 11) is -5.44. The molecule has 51 heavy (non-hydrogen) atoms. The van der Waals surface area contributed by atoms with Gasteiger partial charge in [0.2, 0.25) is 0 Å². The van der Waals surface area contributed by atoms with E-state index >= 15 is 0 Å². The van der Waals surface area contributed by atoms with Gasteiger partial charge in [-0.3, -0.25) is 0 Å². The third kappa shape index (κ3) is 33.7. The molecular weight excluding hydrogens is 693 g/mol. The molecule has 0 aliphatic heterocycles. The van der Waals surface area contributed by atoms with Crippen LogP contribution in [0.4, 0.5) is 0 Å². The van der Waals surface area contributed by atoms with Gasteiger partial charge >= 0.3 is 88.7 Å². The van der Waals surface area contributed by atoms with E-state index in [2.05, 4.69) is 13.8 Å². The Labute approximate surface area is 382 Å². The molecule has 286 valence electrons. The molecule has 11 heteroatoms. The van der Waals surface area contributed by atoms with E-state index in [1.54, 1.807) is 0 Å². The van der Waals surface area contributed by atoms with Gasteiger partial charge in [0, 0.05) is 11.4 Å². The monoisotopic (exact) mass is 768 g/mol. The number of carboxylic acids is 2. The van der Waals surface area contributed by atoms with E-state index in [0.717, 1.165) is 38.5 Å². The van der Waals surface area contributed by atoms with Gasteiger partial charge in [0.25, 0.3) is 0 Å².